The molecule has 0 bridgehead atoms. The average molecular weight is 510 g/mol. The SMILES string of the molecule is CSCC[C@H](NC(=O)c1ccc(C(F)(F)F)cc1)C(=O)NNS(=O)(=O)c1ccccc1Cl. The Morgan fingerprint density at radius 3 is 2.28 bits per heavy atom. The first-order chi connectivity index (χ1) is 15.0. The molecule has 13 heteroatoms. The number of hydrogen-bond acceptors (Lipinski definition) is 5. The Morgan fingerprint density at radius 2 is 1.72 bits per heavy atom. The van der Waals surface area contributed by atoms with Gasteiger partial charge in [-0.2, -0.15) is 24.9 Å². The Bertz CT molecular complexity index is 1060. The maximum Gasteiger partial charge on any atom is 0.416 e. The van der Waals surface area contributed by atoms with Gasteiger partial charge in [0.15, 0.2) is 0 Å². The highest BCUT2D eigenvalue weighted by atomic mass is 35.5. The van der Waals surface area contributed by atoms with Crippen LogP contribution >= 0.6 is 23.4 Å². The molecule has 2 amide bonds. The Kier molecular flexibility index (Phi) is 8.96. The molecule has 0 fully saturated rings. The summed E-state index contributed by atoms with van der Waals surface area (Å²) in [5.41, 5.74) is 1.03. The van der Waals surface area contributed by atoms with Crippen molar-refractivity contribution in [3.05, 3.63) is 64.7 Å². The molecule has 0 radical (unpaired) electrons. The second-order valence-electron chi connectivity index (χ2n) is 6.41. The van der Waals surface area contributed by atoms with E-state index in [9.17, 15) is 31.2 Å². The summed E-state index contributed by atoms with van der Waals surface area (Å²) < 4.78 is 62.8. The van der Waals surface area contributed by atoms with E-state index in [1.165, 1.54) is 36.0 Å². The molecule has 0 aliphatic heterocycles. The van der Waals surface area contributed by atoms with Gasteiger partial charge in [-0.15, -0.1) is 4.83 Å². The second kappa shape index (κ2) is 11.0. The molecule has 1 atom stereocenters. The van der Waals surface area contributed by atoms with Crippen LogP contribution in [0.25, 0.3) is 0 Å². The summed E-state index contributed by atoms with van der Waals surface area (Å²) in [7, 11) is -4.18. The largest absolute Gasteiger partial charge is 0.416 e. The van der Waals surface area contributed by atoms with Gasteiger partial charge in [-0.05, 0) is 54.8 Å². The van der Waals surface area contributed by atoms with E-state index in [-0.39, 0.29) is 21.9 Å². The van der Waals surface area contributed by atoms with E-state index < -0.39 is 39.6 Å². The molecular weight excluding hydrogens is 491 g/mol. The molecule has 174 valence electrons. The van der Waals surface area contributed by atoms with E-state index in [2.05, 4.69) is 5.32 Å². The Labute approximate surface area is 192 Å². The van der Waals surface area contributed by atoms with Gasteiger partial charge in [-0.1, -0.05) is 23.7 Å². The lowest BCUT2D eigenvalue weighted by Gasteiger charge is -2.19. The molecule has 0 spiro atoms. The fraction of sp³-hybridized carbons (Fsp3) is 0.263. The van der Waals surface area contributed by atoms with Gasteiger partial charge >= 0.3 is 6.18 Å². The smallest absolute Gasteiger partial charge is 0.340 e. The average Bonchev–Trinajstić information content (AvgIpc) is 2.74. The molecule has 2 aromatic rings. The Hall–Kier alpha value is -2.28. The maximum atomic E-state index is 12.7. The van der Waals surface area contributed by atoms with Crippen molar-refractivity contribution in [2.24, 2.45) is 0 Å². The van der Waals surface area contributed by atoms with Crippen molar-refractivity contribution in [3.8, 4) is 0 Å². The van der Waals surface area contributed by atoms with E-state index >= 15 is 0 Å². The van der Waals surface area contributed by atoms with E-state index in [4.69, 9.17) is 11.6 Å². The summed E-state index contributed by atoms with van der Waals surface area (Å²) in [6.45, 7) is 0. The molecule has 2 aromatic carbocycles. The van der Waals surface area contributed by atoms with Crippen molar-refractivity contribution < 1.29 is 31.2 Å². The minimum atomic E-state index is -4.55. The fourth-order valence-electron chi connectivity index (χ4n) is 2.48. The summed E-state index contributed by atoms with van der Waals surface area (Å²) >= 11 is 7.25. The predicted molar refractivity (Wildman–Crippen MR) is 116 cm³/mol. The van der Waals surface area contributed by atoms with Gasteiger partial charge in [0.25, 0.3) is 21.8 Å². The number of benzene rings is 2. The Balaban J connectivity index is 2.09. The van der Waals surface area contributed by atoms with Gasteiger partial charge < -0.3 is 5.32 Å². The van der Waals surface area contributed by atoms with Crippen LogP contribution in [0, 0.1) is 0 Å². The van der Waals surface area contributed by atoms with Gasteiger partial charge in [0.1, 0.15) is 10.9 Å². The number of halogens is 4. The lowest BCUT2D eigenvalue weighted by Crippen LogP contribution is -2.52. The third-order valence-electron chi connectivity index (χ3n) is 4.14. The molecular formula is C19H19ClF3N3O4S2. The van der Waals surface area contributed by atoms with Crippen LogP contribution in [0.5, 0.6) is 0 Å². The van der Waals surface area contributed by atoms with Crippen molar-refractivity contribution in [2.45, 2.75) is 23.5 Å². The first kappa shape index (κ1) is 26.0. The summed E-state index contributed by atoms with van der Waals surface area (Å²) in [4.78, 5) is 26.6. The highest BCUT2D eigenvalue weighted by molar-refractivity contribution is 7.98. The van der Waals surface area contributed by atoms with Crippen molar-refractivity contribution in [1.82, 2.24) is 15.6 Å². The van der Waals surface area contributed by atoms with E-state index in [1.54, 1.807) is 6.26 Å². The number of carbonyl (C=O) groups is 2. The van der Waals surface area contributed by atoms with Crippen molar-refractivity contribution in [3.63, 3.8) is 0 Å². The lowest BCUT2D eigenvalue weighted by atomic mass is 10.1. The van der Waals surface area contributed by atoms with Crippen LogP contribution in [0.2, 0.25) is 5.02 Å². The van der Waals surface area contributed by atoms with Gasteiger partial charge in [0.2, 0.25) is 0 Å². The molecule has 0 heterocycles. The van der Waals surface area contributed by atoms with Crippen molar-refractivity contribution >= 4 is 45.2 Å². The molecule has 0 saturated carbocycles. The number of amides is 2. The molecule has 0 unspecified atom stereocenters. The molecule has 3 N–H and O–H groups in total. The minimum absolute atomic E-state index is 0.0520. The summed E-state index contributed by atoms with van der Waals surface area (Å²) in [6, 6.07) is 7.93. The monoisotopic (exact) mass is 509 g/mol. The fourth-order valence-corrected chi connectivity index (χ4v) is 4.32. The highest BCUT2D eigenvalue weighted by Gasteiger charge is 2.30. The van der Waals surface area contributed by atoms with Gasteiger partial charge in [-0.3, -0.25) is 15.0 Å². The van der Waals surface area contributed by atoms with Crippen molar-refractivity contribution in [1.29, 1.82) is 0 Å². The van der Waals surface area contributed by atoms with E-state index in [0.29, 0.717) is 5.75 Å². The molecule has 32 heavy (non-hydrogen) atoms. The number of thioether (sulfide) groups is 1. The summed E-state index contributed by atoms with van der Waals surface area (Å²) in [6.07, 6.45) is -2.63. The first-order valence-electron chi connectivity index (χ1n) is 8.99. The van der Waals surface area contributed by atoms with E-state index in [1.807, 2.05) is 10.3 Å². The van der Waals surface area contributed by atoms with Crippen molar-refractivity contribution in [2.75, 3.05) is 12.0 Å². The summed E-state index contributed by atoms with van der Waals surface area (Å²) in [5.74, 6) is -1.19. The molecule has 7 nitrogen and oxygen atoms in total. The molecule has 2 rings (SSSR count). The molecule has 0 saturated heterocycles. The van der Waals surface area contributed by atoms with Crippen LogP contribution in [0.4, 0.5) is 13.2 Å². The molecule has 0 aliphatic rings. The normalized spacial score (nSPS) is 12.8. The van der Waals surface area contributed by atoms with Crippen LogP contribution in [0.15, 0.2) is 53.4 Å². The number of alkyl halides is 3. The van der Waals surface area contributed by atoms with Gasteiger partial charge in [0.05, 0.1) is 10.6 Å². The van der Waals surface area contributed by atoms with Crippen LogP contribution < -0.4 is 15.6 Å². The second-order valence-corrected chi connectivity index (χ2v) is 9.45. The molecule has 0 aromatic heterocycles. The zero-order valence-corrected chi connectivity index (χ0v) is 19.0. The Morgan fingerprint density at radius 1 is 1.09 bits per heavy atom. The highest BCUT2D eigenvalue weighted by Crippen LogP contribution is 2.29. The number of sulfonamides is 1. The zero-order valence-electron chi connectivity index (χ0n) is 16.6. The van der Waals surface area contributed by atoms with Gasteiger partial charge in [0, 0.05) is 5.56 Å². The predicted octanol–water partition coefficient (Wildman–Crippen LogP) is 3.22. The quantitative estimate of drug-likeness (QED) is 0.450. The zero-order chi connectivity index (χ0) is 23.9. The van der Waals surface area contributed by atoms with Crippen LogP contribution in [-0.4, -0.2) is 38.3 Å². The number of nitrogens with one attached hydrogen (secondary N) is 3. The lowest BCUT2D eigenvalue weighted by molar-refractivity contribution is -0.137. The molecule has 0 aliphatic carbocycles. The van der Waals surface area contributed by atoms with Gasteiger partial charge in [-0.25, -0.2) is 8.42 Å². The third kappa shape index (κ3) is 7.12. The van der Waals surface area contributed by atoms with Crippen LogP contribution in [0.3, 0.4) is 0 Å². The number of rotatable bonds is 9. The van der Waals surface area contributed by atoms with Crippen LogP contribution in [0.1, 0.15) is 22.3 Å². The minimum Gasteiger partial charge on any atom is -0.340 e. The first-order valence-corrected chi connectivity index (χ1v) is 12.2. The number of carbonyl (C=O) groups excluding carboxylic acids is 2. The number of hydrazine groups is 1. The third-order valence-corrected chi connectivity index (χ3v) is 6.53. The maximum absolute atomic E-state index is 12.7. The standard InChI is InChI=1S/C19H19ClF3N3O4S2/c1-31-11-10-15(24-17(27)12-6-8-13(9-7-12)19(21,22)23)18(28)25-26-32(29,30)16-5-3-2-4-14(16)20/h2-9,15,26H,10-11H2,1H3,(H,24,27)(H,25,28)/t15-/m0/s1. The summed E-state index contributed by atoms with van der Waals surface area (Å²) in [5, 5.41) is 2.36. The number of hydrogen-bond donors (Lipinski definition) is 3. The van der Waals surface area contributed by atoms with E-state index in [0.717, 1.165) is 24.3 Å². The van der Waals surface area contributed by atoms with Crippen LogP contribution in [-0.2, 0) is 21.0 Å². The topological polar surface area (TPSA) is 104 Å².